The van der Waals surface area contributed by atoms with E-state index >= 15 is 0 Å². The molecule has 2 aromatic rings. The van der Waals surface area contributed by atoms with Crippen LogP contribution in [-0.4, -0.2) is 82.3 Å². The quantitative estimate of drug-likeness (QED) is 0.0428. The van der Waals surface area contributed by atoms with Crippen LogP contribution in [0, 0.1) is 5.41 Å². The number of aryl methyl sites for hydroxylation is 1. The summed E-state index contributed by atoms with van der Waals surface area (Å²) in [6, 6.07) is 7.51. The number of nitrogens with one attached hydrogen (secondary N) is 3. The van der Waals surface area contributed by atoms with Crippen LogP contribution < -0.4 is 26.8 Å². The number of aromatic nitrogens is 2. The molecule has 0 saturated heterocycles. The van der Waals surface area contributed by atoms with Crippen LogP contribution in [0.25, 0.3) is 0 Å². The number of benzene rings is 1. The number of halogens is 1. The first-order valence-corrected chi connectivity index (χ1v) is 13.1. The van der Waals surface area contributed by atoms with Gasteiger partial charge in [0.05, 0.1) is 25.5 Å². The van der Waals surface area contributed by atoms with Crippen LogP contribution >= 0.6 is 22.6 Å². The Kier molecular flexibility index (Phi) is 13.3. The number of nitrogens with zero attached hydrogens (tertiary/aromatic N) is 2. The van der Waals surface area contributed by atoms with E-state index in [1.54, 1.807) is 0 Å². The van der Waals surface area contributed by atoms with Crippen molar-refractivity contribution in [1.82, 2.24) is 20.6 Å². The maximum atomic E-state index is 12.4. The van der Waals surface area contributed by atoms with Gasteiger partial charge in [0.25, 0.3) is 5.91 Å². The molecule has 1 aromatic heterocycles. The molecule has 0 radical (unpaired) electrons. The number of anilines is 2. The van der Waals surface area contributed by atoms with Gasteiger partial charge in [0, 0.05) is 11.0 Å². The van der Waals surface area contributed by atoms with E-state index in [1.165, 1.54) is 0 Å². The van der Waals surface area contributed by atoms with Crippen LogP contribution in [0.15, 0.2) is 24.3 Å². The normalized spacial score (nSPS) is 12.5. The van der Waals surface area contributed by atoms with Crippen LogP contribution in [0.5, 0.6) is 5.75 Å². The molecule has 0 fully saturated rings. The molecule has 37 heavy (non-hydrogen) atoms. The Hall–Kier alpha value is -2.79. The zero-order chi connectivity index (χ0) is 27.2. The summed E-state index contributed by atoms with van der Waals surface area (Å²) < 4.78 is 11.1. The topological polar surface area (TPSA) is 222 Å². The maximum absolute atomic E-state index is 12.4. The third-order valence-corrected chi connectivity index (χ3v) is 5.72. The third kappa shape index (κ3) is 11.0. The number of unbranched alkanes of at least 4 members (excludes halogenated alkanes) is 1. The molecule has 0 aliphatic heterocycles. The maximum Gasteiger partial charge on any atom is 0.280 e. The van der Waals surface area contributed by atoms with Gasteiger partial charge < -0.3 is 41.6 Å². The number of alkyl halides is 1. The number of nitrogen functional groups attached to an aromatic ring is 2. The molecule has 0 saturated carbocycles. The molecule has 1 amide bonds. The number of carbonyl (C=O) groups excluding carboxylic acids is 1. The number of aliphatic hydroxyl groups is 3. The summed E-state index contributed by atoms with van der Waals surface area (Å²) in [5.74, 6) is -0.0839. The van der Waals surface area contributed by atoms with Crippen molar-refractivity contribution in [2.45, 2.75) is 35.9 Å². The number of carbonyl (C=O) groups is 1. The van der Waals surface area contributed by atoms with E-state index in [0.717, 1.165) is 24.8 Å². The van der Waals surface area contributed by atoms with E-state index in [2.05, 4.69) is 43.2 Å². The van der Waals surface area contributed by atoms with E-state index in [9.17, 15) is 15.0 Å². The Labute approximate surface area is 228 Å². The number of aliphatic hydroxyl groups excluding tert-OH is 3. The van der Waals surface area contributed by atoms with Gasteiger partial charge in [-0.15, -0.1) is 0 Å². The predicted octanol–water partition coefficient (Wildman–Crippen LogP) is -0.0374. The zero-order valence-electron chi connectivity index (χ0n) is 20.3. The Bertz CT molecular complexity index is 1010. The highest BCUT2D eigenvalue weighted by Gasteiger charge is 2.17. The highest BCUT2D eigenvalue weighted by atomic mass is 127. The molecule has 1 heterocycles. The van der Waals surface area contributed by atoms with E-state index in [4.69, 9.17) is 31.5 Å². The summed E-state index contributed by atoms with van der Waals surface area (Å²) in [5.41, 5.74) is 13.0. The molecule has 14 heteroatoms. The van der Waals surface area contributed by atoms with E-state index < -0.39 is 24.7 Å². The lowest BCUT2D eigenvalue weighted by molar-refractivity contribution is -0.0337. The van der Waals surface area contributed by atoms with Gasteiger partial charge in [0.15, 0.2) is 17.5 Å². The lowest BCUT2D eigenvalue weighted by Gasteiger charge is -2.14. The van der Waals surface area contributed by atoms with E-state index in [0.29, 0.717) is 22.4 Å². The number of ether oxygens (including phenoxy) is 2. The Morgan fingerprint density at radius 3 is 2.43 bits per heavy atom. The van der Waals surface area contributed by atoms with Crippen molar-refractivity contribution in [2.24, 2.45) is 0 Å². The summed E-state index contributed by atoms with van der Waals surface area (Å²) >= 11 is 2.06. The Morgan fingerprint density at radius 1 is 1.05 bits per heavy atom. The summed E-state index contributed by atoms with van der Waals surface area (Å²) in [5, 5.41) is 40.9. The average molecular weight is 631 g/mol. The van der Waals surface area contributed by atoms with Gasteiger partial charge in [-0.25, -0.2) is 9.97 Å². The highest BCUT2D eigenvalue weighted by Crippen LogP contribution is 2.16. The van der Waals surface area contributed by atoms with Gasteiger partial charge >= 0.3 is 0 Å². The molecule has 1 aromatic carbocycles. The third-order valence-electron chi connectivity index (χ3n) is 5.00. The smallest absolute Gasteiger partial charge is 0.280 e. The fourth-order valence-electron chi connectivity index (χ4n) is 3.03. The van der Waals surface area contributed by atoms with Crippen LogP contribution in [-0.2, 0) is 15.6 Å². The Balaban J connectivity index is 1.63. The van der Waals surface area contributed by atoms with Crippen molar-refractivity contribution in [2.75, 3.05) is 44.4 Å². The average Bonchev–Trinajstić information content (AvgIpc) is 2.87. The number of amides is 1. The van der Waals surface area contributed by atoms with Crippen molar-refractivity contribution in [1.29, 1.82) is 5.41 Å². The van der Waals surface area contributed by atoms with E-state index in [1.807, 2.05) is 24.3 Å². The van der Waals surface area contributed by atoms with Crippen molar-refractivity contribution >= 4 is 46.1 Å². The molecule has 0 aliphatic rings. The molecule has 13 nitrogen and oxygen atoms in total. The van der Waals surface area contributed by atoms with Gasteiger partial charge in [0.1, 0.15) is 30.4 Å². The van der Waals surface area contributed by atoms with Crippen molar-refractivity contribution in [3.05, 3.63) is 41.2 Å². The largest absolute Gasteiger partial charge is 0.491 e. The molecule has 0 spiro atoms. The molecule has 2 unspecified atom stereocenters. The fraction of sp³-hybridized carbons (Fsp3) is 0.478. The fourth-order valence-corrected chi connectivity index (χ4v) is 3.59. The standard InChI is InChI=1S/C23H34IN7O6/c24-9-18-20(25)30-21(26)19(29-18)22(35)31-23(27)28-8-2-1-3-14-4-6-17(7-5-14)37-13-16(34)12-36-11-15(33)10-32/h4-7,15-16,32-34H,1-3,8-13H2,(H4,25,26,30)(H3,27,28,31,35). The highest BCUT2D eigenvalue weighted by molar-refractivity contribution is 14.1. The number of hydrogen-bond acceptors (Lipinski definition) is 11. The van der Waals surface area contributed by atoms with Crippen LogP contribution in [0.1, 0.15) is 34.6 Å². The summed E-state index contributed by atoms with van der Waals surface area (Å²) in [7, 11) is 0. The summed E-state index contributed by atoms with van der Waals surface area (Å²) in [6.45, 7) is 0.0832. The number of hydrogen-bond donors (Lipinski definition) is 8. The predicted molar refractivity (Wildman–Crippen MR) is 147 cm³/mol. The summed E-state index contributed by atoms with van der Waals surface area (Å²) in [6.07, 6.45) is 0.638. The second kappa shape index (κ2) is 16.1. The first kappa shape index (κ1) is 30.4. The Morgan fingerprint density at radius 2 is 1.76 bits per heavy atom. The first-order valence-electron chi connectivity index (χ1n) is 11.6. The second-order valence-corrected chi connectivity index (χ2v) is 8.88. The lowest BCUT2D eigenvalue weighted by Crippen LogP contribution is -2.41. The molecule has 2 atom stereocenters. The van der Waals surface area contributed by atoms with Gasteiger partial charge in [0.2, 0.25) is 0 Å². The molecular weight excluding hydrogens is 597 g/mol. The monoisotopic (exact) mass is 631 g/mol. The van der Waals surface area contributed by atoms with Gasteiger partial charge in [-0.2, -0.15) is 0 Å². The molecule has 204 valence electrons. The van der Waals surface area contributed by atoms with Gasteiger partial charge in [-0.3, -0.25) is 15.5 Å². The zero-order valence-corrected chi connectivity index (χ0v) is 22.5. The minimum absolute atomic E-state index is 0.00658. The van der Waals surface area contributed by atoms with Gasteiger partial charge in [-0.05, 0) is 37.0 Å². The summed E-state index contributed by atoms with van der Waals surface area (Å²) in [4.78, 5) is 20.4. The minimum atomic E-state index is -0.964. The molecule has 10 N–H and O–H groups in total. The van der Waals surface area contributed by atoms with Gasteiger partial charge in [-0.1, -0.05) is 34.7 Å². The van der Waals surface area contributed by atoms with Crippen molar-refractivity contribution < 1.29 is 29.6 Å². The SMILES string of the molecule is N=C(NCCCCc1ccc(OCC(O)COCC(O)CO)cc1)NC(=O)c1nc(CI)c(N)nc1N. The molecule has 0 aliphatic carbocycles. The molecule has 2 rings (SSSR count). The lowest BCUT2D eigenvalue weighted by atomic mass is 10.1. The minimum Gasteiger partial charge on any atom is -0.491 e. The van der Waals surface area contributed by atoms with Crippen LogP contribution in [0.3, 0.4) is 0 Å². The van der Waals surface area contributed by atoms with E-state index in [-0.39, 0.29) is 43.1 Å². The number of rotatable bonds is 15. The van der Waals surface area contributed by atoms with Crippen LogP contribution in [0.4, 0.5) is 11.6 Å². The second-order valence-electron chi connectivity index (χ2n) is 8.12. The molecule has 0 bridgehead atoms. The van der Waals surface area contributed by atoms with Crippen LogP contribution in [0.2, 0.25) is 0 Å². The number of guanidine groups is 1. The van der Waals surface area contributed by atoms with Crippen molar-refractivity contribution in [3.8, 4) is 5.75 Å². The van der Waals surface area contributed by atoms with Crippen molar-refractivity contribution in [3.63, 3.8) is 0 Å². The first-order chi connectivity index (χ1) is 17.7. The molecular formula is C23H34IN7O6. The number of nitrogens with two attached hydrogens (primary N) is 2.